The van der Waals surface area contributed by atoms with Crippen molar-refractivity contribution < 1.29 is 14.4 Å². The van der Waals surface area contributed by atoms with E-state index in [-0.39, 0.29) is 30.4 Å². The smallest absolute Gasteiger partial charge is 0.318 e. The molecule has 0 bridgehead atoms. The number of urea groups is 1. The number of nitrogens with one attached hydrogen (secondary N) is 1. The number of hydrogen-bond acceptors (Lipinski definition) is 3. The number of hydrogen-bond donors (Lipinski definition) is 1. The molecule has 1 N–H and O–H groups in total. The van der Waals surface area contributed by atoms with Crippen LogP contribution in [0, 0.1) is 0 Å². The molecule has 150 valence electrons. The maximum absolute atomic E-state index is 12.6. The molecule has 1 atom stereocenters. The van der Waals surface area contributed by atoms with Crippen LogP contribution < -0.4 is 5.32 Å². The van der Waals surface area contributed by atoms with Gasteiger partial charge < -0.3 is 20.0 Å². The highest BCUT2D eigenvalue weighted by Gasteiger charge is 2.35. The molecule has 4 amide bonds. The number of rotatable bonds is 4. The molecule has 7 nitrogen and oxygen atoms in total. The van der Waals surface area contributed by atoms with Crippen LogP contribution in [0.4, 0.5) is 4.79 Å². The van der Waals surface area contributed by atoms with Crippen LogP contribution in [-0.2, 0) is 16.1 Å². The van der Waals surface area contributed by atoms with Crippen molar-refractivity contribution in [2.75, 3.05) is 26.2 Å². The van der Waals surface area contributed by atoms with Gasteiger partial charge in [-0.05, 0) is 18.4 Å². The Labute approximate surface area is 165 Å². The molecule has 0 unspecified atom stereocenters. The summed E-state index contributed by atoms with van der Waals surface area (Å²) in [6, 6.07) is 9.77. The van der Waals surface area contributed by atoms with Crippen LogP contribution in [0.5, 0.6) is 0 Å². The Kier molecular flexibility index (Phi) is 5.50. The van der Waals surface area contributed by atoms with Crippen LogP contribution in [0.15, 0.2) is 30.3 Å². The molecule has 2 heterocycles. The van der Waals surface area contributed by atoms with Gasteiger partial charge in [0.25, 0.3) is 0 Å². The van der Waals surface area contributed by atoms with Crippen LogP contribution in [-0.4, -0.2) is 70.8 Å². The predicted molar refractivity (Wildman–Crippen MR) is 104 cm³/mol. The normalized spacial score (nSPS) is 23.6. The highest BCUT2D eigenvalue weighted by molar-refractivity contribution is 5.86. The summed E-state index contributed by atoms with van der Waals surface area (Å²) in [6.07, 6.45) is 4.86. The molecule has 3 fully saturated rings. The maximum atomic E-state index is 12.6. The zero-order valence-electron chi connectivity index (χ0n) is 16.2. The van der Waals surface area contributed by atoms with Crippen LogP contribution in [0.1, 0.15) is 37.7 Å². The van der Waals surface area contributed by atoms with Crippen molar-refractivity contribution >= 4 is 17.8 Å². The second kappa shape index (κ2) is 8.20. The molecule has 1 saturated carbocycles. The van der Waals surface area contributed by atoms with Gasteiger partial charge in [0.15, 0.2) is 0 Å². The van der Waals surface area contributed by atoms with Gasteiger partial charge in [0, 0.05) is 38.6 Å². The van der Waals surface area contributed by atoms with Gasteiger partial charge in [0.05, 0.1) is 6.04 Å². The number of carbonyl (C=O) groups is 3. The van der Waals surface area contributed by atoms with Crippen molar-refractivity contribution in [1.82, 2.24) is 20.0 Å². The van der Waals surface area contributed by atoms with Gasteiger partial charge >= 0.3 is 6.03 Å². The van der Waals surface area contributed by atoms with Gasteiger partial charge in [-0.15, -0.1) is 0 Å². The number of benzene rings is 1. The van der Waals surface area contributed by atoms with E-state index >= 15 is 0 Å². The topological polar surface area (TPSA) is 73.0 Å². The number of amides is 4. The fourth-order valence-electron chi connectivity index (χ4n) is 4.55. The van der Waals surface area contributed by atoms with Gasteiger partial charge in [-0.1, -0.05) is 43.2 Å². The molecule has 2 saturated heterocycles. The van der Waals surface area contributed by atoms with E-state index in [1.54, 1.807) is 9.80 Å². The molecule has 4 rings (SSSR count). The largest absolute Gasteiger partial charge is 0.336 e. The Balaban J connectivity index is 1.27. The number of likely N-dealkylation sites (tertiary alicyclic amines) is 1. The van der Waals surface area contributed by atoms with Gasteiger partial charge in [0.1, 0.15) is 6.54 Å². The van der Waals surface area contributed by atoms with Gasteiger partial charge in [-0.2, -0.15) is 0 Å². The standard InChI is InChI=1S/C21H28N4O3/c26-19-12-17(14-24(19)13-16-6-2-1-3-7-16)22-21(28)23-10-11-25(20(27)15-23)18-8-4-5-9-18/h1-3,6-7,17-18H,4-5,8-15H2,(H,22,28)/t17-/m1/s1. The summed E-state index contributed by atoms with van der Waals surface area (Å²) in [6.45, 7) is 2.37. The molecule has 0 aromatic heterocycles. The molecule has 2 aliphatic heterocycles. The van der Waals surface area contributed by atoms with Crippen molar-refractivity contribution in [2.24, 2.45) is 0 Å². The van der Waals surface area contributed by atoms with Crippen LogP contribution in [0.25, 0.3) is 0 Å². The molecule has 1 aromatic rings. The quantitative estimate of drug-likeness (QED) is 0.857. The van der Waals surface area contributed by atoms with E-state index in [9.17, 15) is 14.4 Å². The van der Waals surface area contributed by atoms with Crippen molar-refractivity contribution in [3.8, 4) is 0 Å². The summed E-state index contributed by atoms with van der Waals surface area (Å²) in [5.74, 6) is 0.0952. The summed E-state index contributed by atoms with van der Waals surface area (Å²) in [7, 11) is 0. The fourth-order valence-corrected chi connectivity index (χ4v) is 4.55. The van der Waals surface area contributed by atoms with Gasteiger partial charge in [0.2, 0.25) is 11.8 Å². The van der Waals surface area contributed by atoms with Crippen molar-refractivity contribution in [3.63, 3.8) is 0 Å². The molecular formula is C21H28N4O3. The number of piperazine rings is 1. The first-order valence-electron chi connectivity index (χ1n) is 10.3. The van der Waals surface area contributed by atoms with E-state index in [1.807, 2.05) is 35.2 Å². The minimum absolute atomic E-state index is 0.0431. The highest BCUT2D eigenvalue weighted by Crippen LogP contribution is 2.25. The molecule has 28 heavy (non-hydrogen) atoms. The highest BCUT2D eigenvalue weighted by atomic mass is 16.2. The Morgan fingerprint density at radius 2 is 1.79 bits per heavy atom. The van der Waals surface area contributed by atoms with E-state index in [1.165, 1.54) is 12.8 Å². The summed E-state index contributed by atoms with van der Waals surface area (Å²) in [4.78, 5) is 42.7. The van der Waals surface area contributed by atoms with Crippen molar-refractivity contribution in [1.29, 1.82) is 0 Å². The predicted octanol–water partition coefficient (Wildman–Crippen LogP) is 1.58. The average Bonchev–Trinajstić information content (AvgIpc) is 3.33. The Hall–Kier alpha value is -2.57. The Bertz CT molecular complexity index is 732. The average molecular weight is 384 g/mol. The Morgan fingerprint density at radius 3 is 2.50 bits per heavy atom. The molecular weight excluding hydrogens is 356 g/mol. The Morgan fingerprint density at radius 1 is 1.04 bits per heavy atom. The molecule has 1 aromatic carbocycles. The molecule has 3 aliphatic rings. The third kappa shape index (κ3) is 4.13. The first kappa shape index (κ1) is 18.8. The summed E-state index contributed by atoms with van der Waals surface area (Å²) >= 11 is 0. The van der Waals surface area contributed by atoms with Crippen LogP contribution in [0.2, 0.25) is 0 Å². The van der Waals surface area contributed by atoms with Crippen LogP contribution >= 0.6 is 0 Å². The second-order valence-electron chi connectivity index (χ2n) is 8.06. The maximum Gasteiger partial charge on any atom is 0.318 e. The minimum atomic E-state index is -0.237. The lowest BCUT2D eigenvalue weighted by Crippen LogP contribution is -2.57. The minimum Gasteiger partial charge on any atom is -0.336 e. The third-order valence-corrected chi connectivity index (χ3v) is 6.07. The lowest BCUT2D eigenvalue weighted by molar-refractivity contribution is -0.137. The summed E-state index contributed by atoms with van der Waals surface area (Å²) < 4.78 is 0. The third-order valence-electron chi connectivity index (χ3n) is 6.07. The van der Waals surface area contributed by atoms with Crippen molar-refractivity contribution in [3.05, 3.63) is 35.9 Å². The molecule has 0 spiro atoms. The number of nitrogens with zero attached hydrogens (tertiary/aromatic N) is 3. The monoisotopic (exact) mass is 384 g/mol. The van der Waals surface area contributed by atoms with E-state index in [2.05, 4.69) is 5.32 Å². The van der Waals surface area contributed by atoms with Gasteiger partial charge in [-0.3, -0.25) is 9.59 Å². The SMILES string of the molecule is O=C1C[C@@H](NC(=O)N2CCN(C3CCCC3)C(=O)C2)CN1Cc1ccccc1. The van der Waals surface area contributed by atoms with E-state index in [0.29, 0.717) is 38.6 Å². The summed E-state index contributed by atoms with van der Waals surface area (Å²) in [5, 5.41) is 2.95. The summed E-state index contributed by atoms with van der Waals surface area (Å²) in [5.41, 5.74) is 1.08. The first-order chi connectivity index (χ1) is 13.6. The van der Waals surface area contributed by atoms with Crippen LogP contribution in [0.3, 0.4) is 0 Å². The van der Waals surface area contributed by atoms with Gasteiger partial charge in [-0.25, -0.2) is 4.79 Å². The lowest BCUT2D eigenvalue weighted by atomic mass is 10.1. The molecule has 7 heteroatoms. The first-order valence-corrected chi connectivity index (χ1v) is 10.3. The van der Waals surface area contributed by atoms with E-state index in [4.69, 9.17) is 0 Å². The zero-order chi connectivity index (χ0) is 19.5. The zero-order valence-corrected chi connectivity index (χ0v) is 16.2. The van der Waals surface area contributed by atoms with Crippen molar-refractivity contribution in [2.45, 2.75) is 50.7 Å². The lowest BCUT2D eigenvalue weighted by Gasteiger charge is -2.38. The second-order valence-corrected chi connectivity index (χ2v) is 8.06. The number of carbonyl (C=O) groups excluding carboxylic acids is 3. The van der Waals surface area contributed by atoms with E-state index in [0.717, 1.165) is 18.4 Å². The fraction of sp³-hybridized carbons (Fsp3) is 0.571. The molecule has 0 radical (unpaired) electrons. The molecule has 1 aliphatic carbocycles. The van der Waals surface area contributed by atoms with E-state index < -0.39 is 0 Å².